The average molecular weight is 628 g/mol. The fraction of sp³-hybridized carbons (Fsp3) is 0.462. The molecule has 0 radical (unpaired) electrons. The summed E-state index contributed by atoms with van der Waals surface area (Å²) >= 11 is 2.14. The van der Waals surface area contributed by atoms with Crippen LogP contribution in [0.2, 0.25) is 0 Å². The molecule has 196 valence electrons. The van der Waals surface area contributed by atoms with Gasteiger partial charge in [-0.3, -0.25) is 13.9 Å². The number of sulfonamides is 1. The maximum absolute atomic E-state index is 13.7. The van der Waals surface area contributed by atoms with Gasteiger partial charge in [0.1, 0.15) is 18.3 Å². The Bertz CT molecular complexity index is 1130. The number of anilines is 1. The van der Waals surface area contributed by atoms with Crippen LogP contribution in [0.4, 0.5) is 5.69 Å². The van der Waals surface area contributed by atoms with Crippen molar-refractivity contribution in [2.24, 2.45) is 0 Å². The number of nitrogens with one attached hydrogen (secondary N) is 1. The Hall–Kier alpha value is -2.34. The molecule has 2 amide bonds. The Kier molecular flexibility index (Phi) is 10.0. The number of carbonyl (C=O) groups excluding carboxylic acids is 2. The van der Waals surface area contributed by atoms with Crippen molar-refractivity contribution in [3.63, 3.8) is 0 Å². The third-order valence-corrected chi connectivity index (χ3v) is 8.25. The van der Waals surface area contributed by atoms with Gasteiger partial charge in [-0.15, -0.1) is 0 Å². The van der Waals surface area contributed by atoms with Gasteiger partial charge in [0, 0.05) is 16.2 Å². The summed E-state index contributed by atoms with van der Waals surface area (Å²) in [5.74, 6) is 0.0410. The zero-order valence-electron chi connectivity index (χ0n) is 20.9. The van der Waals surface area contributed by atoms with E-state index >= 15 is 0 Å². The van der Waals surface area contributed by atoms with E-state index < -0.39 is 28.5 Å². The van der Waals surface area contributed by atoms with Gasteiger partial charge in [0.25, 0.3) is 0 Å². The minimum absolute atomic E-state index is 0.115. The van der Waals surface area contributed by atoms with E-state index in [9.17, 15) is 18.0 Å². The van der Waals surface area contributed by atoms with E-state index in [-0.39, 0.29) is 18.5 Å². The lowest BCUT2D eigenvalue weighted by molar-refractivity contribution is -0.140. The molecule has 3 rings (SSSR count). The molecule has 1 N–H and O–H groups in total. The normalized spacial score (nSPS) is 14.8. The van der Waals surface area contributed by atoms with Crippen LogP contribution in [0.3, 0.4) is 0 Å². The molecule has 0 spiro atoms. The summed E-state index contributed by atoms with van der Waals surface area (Å²) in [6.07, 6.45) is 5.51. The topological polar surface area (TPSA) is 96.0 Å². The molecular weight excluding hydrogens is 593 g/mol. The molecule has 0 saturated heterocycles. The first-order valence-electron chi connectivity index (χ1n) is 12.1. The molecule has 1 atom stereocenters. The Morgan fingerprint density at radius 3 is 2.22 bits per heavy atom. The highest BCUT2D eigenvalue weighted by atomic mass is 127. The van der Waals surface area contributed by atoms with E-state index in [1.165, 1.54) is 4.90 Å². The standard InChI is InChI=1S/C26H34IN3O5S/c1-4-24(26(32)28-21-7-5-6-8-21)29(17-19-9-15-23(35-2)16-10-19)25(31)18-30(36(3,33)34)22-13-11-20(27)12-14-22/h9-16,21,24H,4-8,17-18H2,1-3H3,(H,28,32)/t24-/m0/s1. The first-order valence-corrected chi connectivity index (χ1v) is 15.0. The maximum atomic E-state index is 13.7. The molecular formula is C26H34IN3O5S. The number of nitrogens with zero attached hydrogens (tertiary/aromatic N) is 2. The lowest BCUT2D eigenvalue weighted by Crippen LogP contribution is -2.53. The molecule has 0 bridgehead atoms. The zero-order chi connectivity index (χ0) is 26.3. The van der Waals surface area contributed by atoms with E-state index in [0.717, 1.165) is 45.4 Å². The van der Waals surface area contributed by atoms with Gasteiger partial charge in [-0.25, -0.2) is 8.42 Å². The van der Waals surface area contributed by atoms with Gasteiger partial charge in [-0.05, 0) is 83.8 Å². The lowest BCUT2D eigenvalue weighted by Gasteiger charge is -2.33. The molecule has 2 aromatic rings. The number of hydrogen-bond acceptors (Lipinski definition) is 5. The number of methoxy groups -OCH3 is 1. The van der Waals surface area contributed by atoms with Gasteiger partial charge in [-0.1, -0.05) is 31.9 Å². The number of rotatable bonds is 11. The van der Waals surface area contributed by atoms with Crippen molar-refractivity contribution in [3.8, 4) is 5.75 Å². The van der Waals surface area contributed by atoms with Crippen molar-refractivity contribution in [3.05, 3.63) is 57.7 Å². The summed E-state index contributed by atoms with van der Waals surface area (Å²) in [4.78, 5) is 28.5. The predicted molar refractivity (Wildman–Crippen MR) is 149 cm³/mol. The number of carbonyl (C=O) groups is 2. The molecule has 1 fully saturated rings. The molecule has 0 aromatic heterocycles. The van der Waals surface area contributed by atoms with Crippen LogP contribution in [0.15, 0.2) is 48.5 Å². The van der Waals surface area contributed by atoms with Crippen LogP contribution in [0.25, 0.3) is 0 Å². The molecule has 10 heteroatoms. The third-order valence-electron chi connectivity index (χ3n) is 6.39. The summed E-state index contributed by atoms with van der Waals surface area (Å²) in [6, 6.07) is 13.6. The summed E-state index contributed by atoms with van der Waals surface area (Å²) < 4.78 is 32.6. The minimum Gasteiger partial charge on any atom is -0.497 e. The van der Waals surface area contributed by atoms with Crippen LogP contribution < -0.4 is 14.4 Å². The fourth-order valence-electron chi connectivity index (χ4n) is 4.44. The van der Waals surface area contributed by atoms with Gasteiger partial charge >= 0.3 is 0 Å². The van der Waals surface area contributed by atoms with E-state index in [1.807, 2.05) is 19.1 Å². The minimum atomic E-state index is -3.75. The van der Waals surface area contributed by atoms with Gasteiger partial charge in [0.15, 0.2) is 0 Å². The largest absolute Gasteiger partial charge is 0.497 e. The number of hydrogen-bond donors (Lipinski definition) is 1. The van der Waals surface area contributed by atoms with E-state index in [4.69, 9.17) is 4.74 Å². The SMILES string of the molecule is CC[C@@H](C(=O)NC1CCCC1)N(Cc1ccc(OC)cc1)C(=O)CN(c1ccc(I)cc1)S(C)(=O)=O. The molecule has 2 aromatic carbocycles. The molecule has 0 aliphatic heterocycles. The highest BCUT2D eigenvalue weighted by Crippen LogP contribution is 2.23. The molecule has 0 heterocycles. The molecule has 8 nitrogen and oxygen atoms in total. The number of ether oxygens (including phenoxy) is 1. The van der Waals surface area contributed by atoms with E-state index in [2.05, 4.69) is 27.9 Å². The van der Waals surface area contributed by atoms with Crippen molar-refractivity contribution in [2.75, 3.05) is 24.2 Å². The van der Waals surface area contributed by atoms with Gasteiger partial charge in [-0.2, -0.15) is 0 Å². The van der Waals surface area contributed by atoms with Gasteiger partial charge in [0.2, 0.25) is 21.8 Å². The van der Waals surface area contributed by atoms with Crippen molar-refractivity contribution in [2.45, 2.75) is 57.7 Å². The predicted octanol–water partition coefficient (Wildman–Crippen LogP) is 3.93. The van der Waals surface area contributed by atoms with Crippen molar-refractivity contribution < 1.29 is 22.7 Å². The number of benzene rings is 2. The first-order chi connectivity index (χ1) is 17.1. The second-order valence-corrected chi connectivity index (χ2v) is 12.2. The van der Waals surface area contributed by atoms with Crippen molar-refractivity contribution in [1.82, 2.24) is 10.2 Å². The van der Waals surface area contributed by atoms with Crippen LogP contribution in [0, 0.1) is 3.57 Å². The third kappa shape index (κ3) is 7.58. The lowest BCUT2D eigenvalue weighted by atomic mass is 10.1. The van der Waals surface area contributed by atoms with Crippen molar-refractivity contribution >= 4 is 50.1 Å². The van der Waals surface area contributed by atoms with Gasteiger partial charge < -0.3 is 15.0 Å². The monoisotopic (exact) mass is 627 g/mol. The quantitative estimate of drug-likeness (QED) is 0.381. The van der Waals surface area contributed by atoms with E-state index in [0.29, 0.717) is 17.9 Å². The molecule has 1 aliphatic rings. The Labute approximate surface area is 227 Å². The zero-order valence-corrected chi connectivity index (χ0v) is 23.9. The number of amides is 2. The number of halogens is 1. The second kappa shape index (κ2) is 12.8. The molecule has 0 unspecified atom stereocenters. The summed E-state index contributed by atoms with van der Waals surface area (Å²) in [5, 5.41) is 3.11. The van der Waals surface area contributed by atoms with Crippen LogP contribution in [0.5, 0.6) is 5.75 Å². The van der Waals surface area contributed by atoms with Crippen molar-refractivity contribution in [1.29, 1.82) is 0 Å². The van der Waals surface area contributed by atoms with Gasteiger partial charge in [0.05, 0.1) is 19.1 Å². The maximum Gasteiger partial charge on any atom is 0.244 e. The highest BCUT2D eigenvalue weighted by molar-refractivity contribution is 14.1. The molecule has 1 saturated carbocycles. The molecule has 36 heavy (non-hydrogen) atoms. The Morgan fingerprint density at radius 1 is 1.08 bits per heavy atom. The molecule has 1 aliphatic carbocycles. The van der Waals surface area contributed by atoms with Crippen LogP contribution >= 0.6 is 22.6 Å². The van der Waals surface area contributed by atoms with E-state index in [1.54, 1.807) is 43.5 Å². The first kappa shape index (κ1) is 28.2. The van der Waals surface area contributed by atoms with Crippen LogP contribution in [0.1, 0.15) is 44.6 Å². The summed E-state index contributed by atoms with van der Waals surface area (Å²) in [5.41, 5.74) is 1.22. The van der Waals surface area contributed by atoms with Crippen LogP contribution in [-0.4, -0.2) is 57.1 Å². The average Bonchev–Trinajstić information content (AvgIpc) is 3.35. The highest BCUT2D eigenvalue weighted by Gasteiger charge is 2.33. The smallest absolute Gasteiger partial charge is 0.244 e. The van der Waals surface area contributed by atoms with Crippen LogP contribution in [-0.2, 0) is 26.2 Å². The second-order valence-electron chi connectivity index (χ2n) is 9.03. The Balaban J connectivity index is 1.90. The fourth-order valence-corrected chi connectivity index (χ4v) is 5.64. The summed E-state index contributed by atoms with van der Waals surface area (Å²) in [6.45, 7) is 1.63. The Morgan fingerprint density at radius 2 is 1.69 bits per heavy atom. The summed E-state index contributed by atoms with van der Waals surface area (Å²) in [7, 11) is -2.17.